The molecule has 142 valence electrons. The van der Waals surface area contributed by atoms with Crippen molar-refractivity contribution in [3.63, 3.8) is 0 Å². The fourth-order valence-corrected chi connectivity index (χ4v) is 3.36. The molecule has 1 aliphatic carbocycles. The summed E-state index contributed by atoms with van der Waals surface area (Å²) in [5, 5.41) is 7.36. The second-order valence-corrected chi connectivity index (χ2v) is 6.71. The number of benzene rings is 2. The summed E-state index contributed by atoms with van der Waals surface area (Å²) < 4.78 is 19.0. The minimum Gasteiger partial charge on any atom is -0.455 e. The van der Waals surface area contributed by atoms with Crippen molar-refractivity contribution in [1.29, 1.82) is 0 Å². The average molecular weight is 377 g/mol. The molecule has 1 aliphatic rings. The van der Waals surface area contributed by atoms with Gasteiger partial charge in [-0.25, -0.2) is 4.39 Å². The van der Waals surface area contributed by atoms with Crippen LogP contribution in [0.3, 0.4) is 0 Å². The maximum Gasteiger partial charge on any atom is 0.291 e. The molecule has 6 heteroatoms. The van der Waals surface area contributed by atoms with E-state index < -0.39 is 0 Å². The highest BCUT2D eigenvalue weighted by Gasteiger charge is 2.28. The Morgan fingerprint density at radius 1 is 1.04 bits per heavy atom. The molecule has 0 atom stereocenters. The van der Waals surface area contributed by atoms with Gasteiger partial charge in [0.25, 0.3) is 5.91 Å². The minimum atomic E-state index is -0.294. The van der Waals surface area contributed by atoms with Gasteiger partial charge >= 0.3 is 0 Å². The van der Waals surface area contributed by atoms with Crippen molar-refractivity contribution in [2.75, 3.05) is 10.7 Å². The standard InChI is InChI=1S/C22H20FN3O2/c1-14-20-18(26-25-17-12-10-15(23)11-13-17)8-5-9-19(20)28-21(14)22(27)24-16-6-3-2-4-7-16/h2-4,6-7,10-13,25H,5,8-9H2,1H3,(H,24,27)/b26-18+. The first-order valence-electron chi connectivity index (χ1n) is 9.19. The number of aryl methyl sites for hydroxylation is 1. The van der Waals surface area contributed by atoms with E-state index in [-0.39, 0.29) is 11.7 Å². The molecule has 0 aliphatic heterocycles. The highest BCUT2D eigenvalue weighted by molar-refractivity contribution is 6.09. The smallest absolute Gasteiger partial charge is 0.291 e. The molecule has 4 rings (SSSR count). The van der Waals surface area contributed by atoms with E-state index in [0.717, 1.165) is 41.9 Å². The third-order valence-electron chi connectivity index (χ3n) is 4.73. The SMILES string of the molecule is Cc1c(C(=O)Nc2ccccc2)oc2c1/C(=N/Nc1ccc(F)cc1)CCC2. The fraction of sp³-hybridized carbons (Fsp3) is 0.182. The van der Waals surface area contributed by atoms with Crippen molar-refractivity contribution in [3.05, 3.63) is 83.1 Å². The summed E-state index contributed by atoms with van der Waals surface area (Å²) in [6.45, 7) is 1.88. The first-order valence-corrected chi connectivity index (χ1v) is 9.19. The van der Waals surface area contributed by atoms with Crippen molar-refractivity contribution < 1.29 is 13.6 Å². The lowest BCUT2D eigenvalue weighted by atomic mass is 9.93. The number of carbonyl (C=O) groups is 1. The molecule has 2 N–H and O–H groups in total. The lowest BCUT2D eigenvalue weighted by molar-refractivity contribution is 0.0994. The van der Waals surface area contributed by atoms with Crippen LogP contribution in [0.2, 0.25) is 0 Å². The number of amides is 1. The van der Waals surface area contributed by atoms with Crippen molar-refractivity contribution in [2.45, 2.75) is 26.2 Å². The zero-order chi connectivity index (χ0) is 19.5. The second kappa shape index (κ2) is 7.68. The number of carbonyl (C=O) groups excluding carboxylic acids is 1. The zero-order valence-corrected chi connectivity index (χ0v) is 15.5. The predicted octanol–water partition coefficient (Wildman–Crippen LogP) is 5.13. The maximum atomic E-state index is 13.1. The summed E-state index contributed by atoms with van der Waals surface area (Å²) in [6, 6.07) is 15.3. The van der Waals surface area contributed by atoms with Crippen LogP contribution in [-0.2, 0) is 6.42 Å². The van der Waals surface area contributed by atoms with Crippen molar-refractivity contribution in [3.8, 4) is 0 Å². The molecule has 1 aromatic heterocycles. The van der Waals surface area contributed by atoms with Crippen molar-refractivity contribution >= 4 is 23.0 Å². The van der Waals surface area contributed by atoms with E-state index in [1.807, 2.05) is 37.3 Å². The molecule has 0 radical (unpaired) electrons. The molecular weight excluding hydrogens is 357 g/mol. The van der Waals surface area contributed by atoms with Crippen LogP contribution in [0.4, 0.5) is 15.8 Å². The summed E-state index contributed by atoms with van der Waals surface area (Å²) in [5.41, 5.74) is 6.89. The number of nitrogens with zero attached hydrogens (tertiary/aromatic N) is 1. The number of hydrogen-bond donors (Lipinski definition) is 2. The van der Waals surface area contributed by atoms with Crippen LogP contribution in [0.25, 0.3) is 0 Å². The Morgan fingerprint density at radius 3 is 2.54 bits per heavy atom. The molecule has 0 fully saturated rings. The number of rotatable bonds is 4. The average Bonchev–Trinajstić information content (AvgIpc) is 3.06. The third kappa shape index (κ3) is 3.67. The molecule has 5 nitrogen and oxygen atoms in total. The van der Waals surface area contributed by atoms with E-state index in [9.17, 15) is 9.18 Å². The Hall–Kier alpha value is -3.41. The molecule has 0 spiro atoms. The van der Waals surface area contributed by atoms with Crippen LogP contribution in [-0.4, -0.2) is 11.6 Å². The first-order chi connectivity index (χ1) is 13.6. The predicted molar refractivity (Wildman–Crippen MR) is 107 cm³/mol. The Balaban J connectivity index is 1.59. The maximum absolute atomic E-state index is 13.1. The fourth-order valence-electron chi connectivity index (χ4n) is 3.36. The van der Waals surface area contributed by atoms with Gasteiger partial charge < -0.3 is 9.73 Å². The number of hydrogen-bond acceptors (Lipinski definition) is 4. The van der Waals surface area contributed by atoms with Gasteiger partial charge in [-0.1, -0.05) is 18.2 Å². The van der Waals surface area contributed by atoms with Crippen molar-refractivity contribution in [2.24, 2.45) is 5.10 Å². The summed E-state index contributed by atoms with van der Waals surface area (Å²) in [5.74, 6) is 0.522. The summed E-state index contributed by atoms with van der Waals surface area (Å²) in [7, 11) is 0. The molecule has 0 unspecified atom stereocenters. The van der Waals surface area contributed by atoms with Gasteiger partial charge in [0, 0.05) is 23.2 Å². The largest absolute Gasteiger partial charge is 0.455 e. The molecule has 2 aromatic carbocycles. The number of fused-ring (bicyclic) bond motifs is 1. The van der Waals surface area contributed by atoms with Crippen LogP contribution in [0.1, 0.15) is 40.3 Å². The van der Waals surface area contributed by atoms with Gasteiger partial charge in [0.1, 0.15) is 11.6 Å². The van der Waals surface area contributed by atoms with Gasteiger partial charge in [-0.3, -0.25) is 10.2 Å². The highest BCUT2D eigenvalue weighted by Crippen LogP contribution is 2.30. The Morgan fingerprint density at radius 2 is 1.79 bits per heavy atom. The lowest BCUT2D eigenvalue weighted by Crippen LogP contribution is -2.14. The normalized spacial score (nSPS) is 14.6. The van der Waals surface area contributed by atoms with Crippen LogP contribution in [0.5, 0.6) is 0 Å². The topological polar surface area (TPSA) is 66.6 Å². The van der Waals surface area contributed by atoms with Crippen LogP contribution < -0.4 is 10.7 Å². The monoisotopic (exact) mass is 377 g/mol. The molecule has 28 heavy (non-hydrogen) atoms. The Kier molecular flexibility index (Phi) is 4.93. The van der Waals surface area contributed by atoms with E-state index in [2.05, 4.69) is 15.8 Å². The number of para-hydroxylation sites is 1. The van der Waals surface area contributed by atoms with E-state index >= 15 is 0 Å². The number of furan rings is 1. The molecule has 0 bridgehead atoms. The van der Waals surface area contributed by atoms with Crippen LogP contribution in [0, 0.1) is 12.7 Å². The molecule has 1 amide bonds. The first kappa shape index (κ1) is 18.0. The van der Waals surface area contributed by atoms with Crippen molar-refractivity contribution in [1.82, 2.24) is 0 Å². The molecule has 1 heterocycles. The van der Waals surface area contributed by atoms with Crippen LogP contribution >= 0.6 is 0 Å². The molecule has 0 saturated heterocycles. The van der Waals surface area contributed by atoms with Gasteiger partial charge in [-0.05, 0) is 56.2 Å². The van der Waals surface area contributed by atoms with Gasteiger partial charge in [0.05, 0.1) is 11.4 Å². The summed E-state index contributed by atoms with van der Waals surface area (Å²) >= 11 is 0. The number of nitrogens with one attached hydrogen (secondary N) is 2. The number of anilines is 2. The molecule has 3 aromatic rings. The van der Waals surface area contributed by atoms with Crippen LogP contribution in [0.15, 0.2) is 64.1 Å². The second-order valence-electron chi connectivity index (χ2n) is 6.71. The zero-order valence-electron chi connectivity index (χ0n) is 15.5. The van der Waals surface area contributed by atoms with E-state index in [0.29, 0.717) is 17.1 Å². The molecular formula is C22H20FN3O2. The van der Waals surface area contributed by atoms with E-state index in [1.54, 1.807) is 12.1 Å². The van der Waals surface area contributed by atoms with Gasteiger partial charge in [-0.2, -0.15) is 5.10 Å². The minimum absolute atomic E-state index is 0.274. The molecule has 0 saturated carbocycles. The summed E-state index contributed by atoms with van der Waals surface area (Å²) in [6.07, 6.45) is 2.44. The number of hydrazone groups is 1. The Labute approximate surface area is 162 Å². The van der Waals surface area contributed by atoms with Gasteiger partial charge in [-0.15, -0.1) is 0 Å². The lowest BCUT2D eigenvalue weighted by Gasteiger charge is -2.13. The van der Waals surface area contributed by atoms with Gasteiger partial charge in [0.2, 0.25) is 0 Å². The van der Waals surface area contributed by atoms with Gasteiger partial charge in [0.15, 0.2) is 5.76 Å². The van der Waals surface area contributed by atoms with E-state index in [4.69, 9.17) is 4.42 Å². The van der Waals surface area contributed by atoms with E-state index in [1.165, 1.54) is 12.1 Å². The highest BCUT2D eigenvalue weighted by atomic mass is 19.1. The summed E-state index contributed by atoms with van der Waals surface area (Å²) in [4.78, 5) is 12.7. The Bertz CT molecular complexity index is 1020. The quantitative estimate of drug-likeness (QED) is 0.619. The number of halogens is 1. The third-order valence-corrected chi connectivity index (χ3v) is 4.73.